The van der Waals surface area contributed by atoms with Crippen LogP contribution in [0.1, 0.15) is 51.9 Å². The first-order chi connectivity index (χ1) is 11.4. The van der Waals surface area contributed by atoms with Crippen LogP contribution in [0.2, 0.25) is 0 Å². The Kier molecular flexibility index (Phi) is 8.83. The van der Waals surface area contributed by atoms with Gasteiger partial charge in [0.1, 0.15) is 11.9 Å². The maximum Gasteiger partial charge on any atom is 0.338 e. The van der Waals surface area contributed by atoms with Crippen LogP contribution in [0.4, 0.5) is 0 Å². The van der Waals surface area contributed by atoms with E-state index >= 15 is 0 Å². The van der Waals surface area contributed by atoms with E-state index in [1.54, 1.807) is 12.1 Å². The lowest BCUT2D eigenvalue weighted by Crippen LogP contribution is -2.34. The highest BCUT2D eigenvalue weighted by molar-refractivity contribution is 5.89. The van der Waals surface area contributed by atoms with Crippen LogP contribution >= 0.6 is 0 Å². The number of benzene rings is 1. The van der Waals surface area contributed by atoms with Crippen molar-refractivity contribution in [3.8, 4) is 5.75 Å². The van der Waals surface area contributed by atoms with Gasteiger partial charge in [0, 0.05) is 12.5 Å². The highest BCUT2D eigenvalue weighted by Gasteiger charge is 2.19. The fourth-order valence-corrected chi connectivity index (χ4v) is 2.34. The molecule has 4 nitrogen and oxygen atoms in total. The first kappa shape index (κ1) is 20.5. The van der Waals surface area contributed by atoms with Crippen LogP contribution in [0.25, 0.3) is 0 Å². The Labute approximate surface area is 147 Å². The fraction of sp³-hybridized carbons (Fsp3) is 0.650. The number of carbonyl (C=O) groups is 1. The number of rotatable bonds is 10. The zero-order valence-electron chi connectivity index (χ0n) is 16.0. The molecule has 0 unspecified atom stereocenters. The summed E-state index contributed by atoms with van der Waals surface area (Å²) in [6.07, 6.45) is -0.116. The molecule has 0 fully saturated rings. The molecule has 136 valence electrons. The molecule has 24 heavy (non-hydrogen) atoms. The third kappa shape index (κ3) is 6.91. The van der Waals surface area contributed by atoms with E-state index in [0.717, 1.165) is 25.4 Å². The molecule has 0 N–H and O–H groups in total. The van der Waals surface area contributed by atoms with E-state index in [1.165, 1.54) is 0 Å². The van der Waals surface area contributed by atoms with E-state index in [9.17, 15) is 4.79 Å². The first-order valence-corrected chi connectivity index (χ1v) is 9.03. The second kappa shape index (κ2) is 10.3. The minimum atomic E-state index is -0.274. The molecule has 4 heteroatoms. The Balaban J connectivity index is 2.54. The normalized spacial score (nSPS) is 13.8. The predicted molar refractivity (Wildman–Crippen MR) is 98.6 cm³/mol. The zero-order chi connectivity index (χ0) is 18.1. The maximum atomic E-state index is 12.3. The van der Waals surface area contributed by atoms with Gasteiger partial charge in [-0.05, 0) is 50.2 Å². The van der Waals surface area contributed by atoms with E-state index < -0.39 is 0 Å². The summed E-state index contributed by atoms with van der Waals surface area (Å²) in [6, 6.07) is 7.17. The topological polar surface area (TPSA) is 38.8 Å². The Morgan fingerprint density at radius 1 is 1.04 bits per heavy atom. The largest absolute Gasteiger partial charge is 0.493 e. The summed E-state index contributed by atoms with van der Waals surface area (Å²) < 4.78 is 11.3. The summed E-state index contributed by atoms with van der Waals surface area (Å²) in [5.41, 5.74) is 0.564. The molecule has 0 heterocycles. The summed E-state index contributed by atoms with van der Waals surface area (Å²) in [5, 5.41) is 0. The molecule has 1 rings (SSSR count). The molecule has 0 saturated carbocycles. The lowest BCUT2D eigenvalue weighted by Gasteiger charge is -2.26. The van der Waals surface area contributed by atoms with Gasteiger partial charge >= 0.3 is 5.97 Å². The van der Waals surface area contributed by atoms with Gasteiger partial charge in [0.15, 0.2) is 0 Å². The van der Waals surface area contributed by atoms with Gasteiger partial charge in [0.2, 0.25) is 0 Å². The predicted octanol–water partition coefficient (Wildman–Crippen LogP) is 4.24. The van der Waals surface area contributed by atoms with Gasteiger partial charge in [-0.25, -0.2) is 4.79 Å². The van der Waals surface area contributed by atoms with Crippen LogP contribution in [0.5, 0.6) is 5.75 Å². The van der Waals surface area contributed by atoms with Crippen LogP contribution < -0.4 is 4.74 Å². The highest BCUT2D eigenvalue weighted by atomic mass is 16.5. The highest BCUT2D eigenvalue weighted by Crippen LogP contribution is 2.16. The molecule has 1 aromatic rings. The molecule has 0 aliphatic rings. The van der Waals surface area contributed by atoms with Crippen LogP contribution in [0.3, 0.4) is 0 Å². The SMILES string of the molecule is CCN(CC)C[C@@H](C)[C@@H](C)OC(=O)c1ccc(OCC(C)C)cc1. The van der Waals surface area contributed by atoms with E-state index in [-0.39, 0.29) is 12.1 Å². The standard InChI is InChI=1S/C20H33NO3/c1-7-21(8-2)13-16(5)17(6)24-20(22)18-9-11-19(12-10-18)23-14-15(3)4/h9-12,15-17H,7-8,13-14H2,1-6H3/t16-,17-/m1/s1. The van der Waals surface area contributed by atoms with E-state index in [1.807, 2.05) is 19.1 Å². The van der Waals surface area contributed by atoms with Crippen LogP contribution in [0.15, 0.2) is 24.3 Å². The van der Waals surface area contributed by atoms with Crippen LogP contribution in [0, 0.1) is 11.8 Å². The molecular formula is C20H33NO3. The lowest BCUT2D eigenvalue weighted by atomic mass is 10.1. The number of esters is 1. The van der Waals surface area contributed by atoms with Crippen molar-refractivity contribution in [1.29, 1.82) is 0 Å². The molecule has 0 amide bonds. The number of carbonyl (C=O) groups excluding carboxylic acids is 1. The Bertz CT molecular complexity index is 480. The molecule has 0 aromatic heterocycles. The van der Waals surface area contributed by atoms with Crippen molar-refractivity contribution in [2.24, 2.45) is 11.8 Å². The molecule has 0 aliphatic carbocycles. The fourth-order valence-electron chi connectivity index (χ4n) is 2.34. The summed E-state index contributed by atoms with van der Waals surface area (Å²) in [5.74, 6) is 1.28. The van der Waals surface area contributed by atoms with Crippen molar-refractivity contribution < 1.29 is 14.3 Å². The van der Waals surface area contributed by atoms with Gasteiger partial charge in [0.05, 0.1) is 12.2 Å². The molecule has 0 spiro atoms. The average Bonchev–Trinajstić information content (AvgIpc) is 2.57. The minimum Gasteiger partial charge on any atom is -0.493 e. The smallest absolute Gasteiger partial charge is 0.338 e. The minimum absolute atomic E-state index is 0.116. The van der Waals surface area contributed by atoms with Crippen molar-refractivity contribution in [3.05, 3.63) is 29.8 Å². The summed E-state index contributed by atoms with van der Waals surface area (Å²) in [6.45, 7) is 16.2. The molecule has 2 atom stereocenters. The van der Waals surface area contributed by atoms with Gasteiger partial charge < -0.3 is 14.4 Å². The average molecular weight is 335 g/mol. The summed E-state index contributed by atoms with van der Waals surface area (Å²) in [7, 11) is 0. The second-order valence-corrected chi connectivity index (χ2v) is 6.80. The Hall–Kier alpha value is -1.55. The Morgan fingerprint density at radius 2 is 1.62 bits per heavy atom. The molecule has 0 bridgehead atoms. The third-order valence-corrected chi connectivity index (χ3v) is 4.21. The molecule has 0 aliphatic heterocycles. The molecule has 0 radical (unpaired) electrons. The van der Waals surface area contributed by atoms with Crippen molar-refractivity contribution >= 4 is 5.97 Å². The molecule has 1 aromatic carbocycles. The zero-order valence-corrected chi connectivity index (χ0v) is 16.0. The number of ether oxygens (including phenoxy) is 2. The number of hydrogen-bond acceptors (Lipinski definition) is 4. The summed E-state index contributed by atoms with van der Waals surface area (Å²) in [4.78, 5) is 14.6. The van der Waals surface area contributed by atoms with Gasteiger partial charge in [-0.2, -0.15) is 0 Å². The second-order valence-electron chi connectivity index (χ2n) is 6.80. The van der Waals surface area contributed by atoms with Crippen molar-refractivity contribution in [2.45, 2.75) is 47.6 Å². The molecular weight excluding hydrogens is 302 g/mol. The van der Waals surface area contributed by atoms with Crippen molar-refractivity contribution in [3.63, 3.8) is 0 Å². The number of hydrogen-bond donors (Lipinski definition) is 0. The summed E-state index contributed by atoms with van der Waals surface area (Å²) >= 11 is 0. The van der Waals surface area contributed by atoms with Gasteiger partial charge in [-0.3, -0.25) is 0 Å². The van der Waals surface area contributed by atoms with E-state index in [4.69, 9.17) is 9.47 Å². The van der Waals surface area contributed by atoms with E-state index in [0.29, 0.717) is 24.0 Å². The third-order valence-electron chi connectivity index (χ3n) is 4.21. The maximum absolute atomic E-state index is 12.3. The number of nitrogens with zero attached hydrogens (tertiary/aromatic N) is 1. The first-order valence-electron chi connectivity index (χ1n) is 9.03. The van der Waals surface area contributed by atoms with Gasteiger partial charge in [0.25, 0.3) is 0 Å². The van der Waals surface area contributed by atoms with Crippen molar-refractivity contribution in [2.75, 3.05) is 26.2 Å². The van der Waals surface area contributed by atoms with Crippen LogP contribution in [-0.4, -0.2) is 43.2 Å². The van der Waals surface area contributed by atoms with Crippen molar-refractivity contribution in [1.82, 2.24) is 4.90 Å². The monoisotopic (exact) mass is 335 g/mol. The molecule has 0 saturated heterocycles. The van der Waals surface area contributed by atoms with Crippen LogP contribution in [-0.2, 0) is 4.74 Å². The quantitative estimate of drug-likeness (QED) is 0.599. The van der Waals surface area contributed by atoms with Gasteiger partial charge in [-0.15, -0.1) is 0 Å². The lowest BCUT2D eigenvalue weighted by molar-refractivity contribution is 0.0172. The van der Waals surface area contributed by atoms with E-state index in [2.05, 4.69) is 39.5 Å². The Morgan fingerprint density at radius 3 is 2.12 bits per heavy atom. The van der Waals surface area contributed by atoms with Gasteiger partial charge in [-0.1, -0.05) is 34.6 Å².